The van der Waals surface area contributed by atoms with Crippen LogP contribution >= 0.6 is 11.3 Å². The van der Waals surface area contributed by atoms with Gasteiger partial charge in [-0.1, -0.05) is 18.0 Å². The summed E-state index contributed by atoms with van der Waals surface area (Å²) in [6.45, 7) is 1.88. The number of hydrogen-bond donors (Lipinski definition) is 3. The number of carbonyl (C=O) groups excluding carboxylic acids is 1. The number of nitrogens with two attached hydrogens (primary N) is 1. The minimum atomic E-state index is -0.861. The van der Waals surface area contributed by atoms with Gasteiger partial charge in [-0.25, -0.2) is 4.98 Å². The maximum atomic E-state index is 12.5. The SMILES string of the molecule is CC(NC(=O)C1(C(N)=NO)CCCC1)c1nccs1. The van der Waals surface area contributed by atoms with Crippen molar-refractivity contribution in [1.82, 2.24) is 10.3 Å². The Morgan fingerprint density at radius 2 is 2.32 bits per heavy atom. The summed E-state index contributed by atoms with van der Waals surface area (Å²) < 4.78 is 0. The summed E-state index contributed by atoms with van der Waals surface area (Å²) in [6.07, 6.45) is 4.78. The number of hydrogen-bond acceptors (Lipinski definition) is 5. The molecule has 1 aliphatic carbocycles. The number of nitrogens with one attached hydrogen (secondary N) is 1. The van der Waals surface area contributed by atoms with Gasteiger partial charge in [-0.3, -0.25) is 4.79 Å². The van der Waals surface area contributed by atoms with E-state index in [1.807, 2.05) is 12.3 Å². The third kappa shape index (κ3) is 2.56. The fourth-order valence-electron chi connectivity index (χ4n) is 2.52. The summed E-state index contributed by atoms with van der Waals surface area (Å²) in [4.78, 5) is 16.6. The molecule has 0 spiro atoms. The van der Waals surface area contributed by atoms with Crippen LogP contribution in [0.2, 0.25) is 0 Å². The van der Waals surface area contributed by atoms with Gasteiger partial charge in [0.05, 0.1) is 6.04 Å². The number of rotatable bonds is 4. The van der Waals surface area contributed by atoms with E-state index in [-0.39, 0.29) is 17.8 Å². The van der Waals surface area contributed by atoms with Gasteiger partial charge in [0.2, 0.25) is 5.91 Å². The second kappa shape index (κ2) is 5.56. The van der Waals surface area contributed by atoms with Gasteiger partial charge in [-0.2, -0.15) is 0 Å². The molecular formula is C12H18N4O2S. The second-order valence-electron chi connectivity index (χ2n) is 4.84. The molecule has 1 aliphatic rings. The molecule has 4 N–H and O–H groups in total. The summed E-state index contributed by atoms with van der Waals surface area (Å²) >= 11 is 1.49. The normalized spacial score (nSPS) is 20.2. The van der Waals surface area contributed by atoms with Crippen molar-refractivity contribution in [2.24, 2.45) is 16.3 Å². The van der Waals surface area contributed by atoms with Gasteiger partial charge in [0, 0.05) is 11.6 Å². The summed E-state index contributed by atoms with van der Waals surface area (Å²) in [6, 6.07) is -0.170. The zero-order valence-corrected chi connectivity index (χ0v) is 11.6. The lowest BCUT2D eigenvalue weighted by Crippen LogP contribution is -2.48. The van der Waals surface area contributed by atoms with Crippen LogP contribution in [0.15, 0.2) is 16.7 Å². The fourth-order valence-corrected chi connectivity index (χ4v) is 3.16. The summed E-state index contributed by atoms with van der Waals surface area (Å²) in [7, 11) is 0. The van der Waals surface area contributed by atoms with Crippen LogP contribution in [0, 0.1) is 5.41 Å². The molecule has 0 aliphatic heterocycles. The highest BCUT2D eigenvalue weighted by molar-refractivity contribution is 7.09. The summed E-state index contributed by atoms with van der Waals surface area (Å²) in [5, 5.41) is 17.6. The molecule has 1 unspecified atom stereocenters. The van der Waals surface area contributed by atoms with E-state index < -0.39 is 5.41 Å². The molecule has 1 saturated carbocycles. The van der Waals surface area contributed by atoms with Crippen LogP contribution in [-0.2, 0) is 4.79 Å². The number of amides is 1. The molecule has 1 amide bonds. The number of nitrogens with zero attached hydrogens (tertiary/aromatic N) is 2. The van der Waals surface area contributed by atoms with Crippen LogP contribution < -0.4 is 11.1 Å². The van der Waals surface area contributed by atoms with Crippen molar-refractivity contribution in [2.45, 2.75) is 38.6 Å². The maximum Gasteiger partial charge on any atom is 0.234 e. The van der Waals surface area contributed by atoms with Crippen molar-refractivity contribution in [3.05, 3.63) is 16.6 Å². The molecule has 19 heavy (non-hydrogen) atoms. The number of thiazole rings is 1. The minimum Gasteiger partial charge on any atom is -0.409 e. The zero-order valence-electron chi connectivity index (χ0n) is 10.8. The van der Waals surface area contributed by atoms with Crippen molar-refractivity contribution >= 4 is 23.1 Å². The van der Waals surface area contributed by atoms with Crippen LogP contribution in [0.3, 0.4) is 0 Å². The molecule has 2 rings (SSSR count). The Hall–Kier alpha value is -1.63. The highest BCUT2D eigenvalue weighted by atomic mass is 32.1. The molecule has 0 aromatic carbocycles. The molecule has 7 heteroatoms. The largest absolute Gasteiger partial charge is 0.409 e. The Labute approximate surface area is 115 Å². The van der Waals surface area contributed by atoms with Gasteiger partial charge in [0.1, 0.15) is 10.4 Å². The minimum absolute atomic E-state index is 0.00818. The molecule has 0 radical (unpaired) electrons. The third-order valence-electron chi connectivity index (χ3n) is 3.66. The second-order valence-corrected chi connectivity index (χ2v) is 5.77. The Balaban J connectivity index is 2.13. The van der Waals surface area contributed by atoms with E-state index in [0.717, 1.165) is 17.8 Å². The van der Waals surface area contributed by atoms with Crippen LogP contribution in [0.5, 0.6) is 0 Å². The Kier molecular flexibility index (Phi) is 4.04. The fraction of sp³-hybridized carbons (Fsp3) is 0.583. The first-order valence-electron chi connectivity index (χ1n) is 6.28. The first-order valence-corrected chi connectivity index (χ1v) is 7.16. The first-order chi connectivity index (χ1) is 9.10. The zero-order chi connectivity index (χ0) is 13.9. The molecule has 104 valence electrons. The molecule has 6 nitrogen and oxygen atoms in total. The van der Waals surface area contributed by atoms with Gasteiger partial charge < -0.3 is 16.3 Å². The first kappa shape index (κ1) is 13.8. The van der Waals surface area contributed by atoms with Crippen LogP contribution in [0.25, 0.3) is 0 Å². The average molecular weight is 282 g/mol. The summed E-state index contributed by atoms with van der Waals surface area (Å²) in [5.74, 6) is -0.170. The molecule has 1 aromatic heterocycles. The molecule has 1 heterocycles. The molecule has 1 fully saturated rings. The number of aromatic nitrogens is 1. The van der Waals surface area contributed by atoms with Gasteiger partial charge in [-0.15, -0.1) is 11.3 Å². The predicted octanol–water partition coefficient (Wildman–Crippen LogP) is 1.63. The van der Waals surface area contributed by atoms with Crippen LogP contribution in [-0.4, -0.2) is 21.9 Å². The van der Waals surface area contributed by atoms with Crippen molar-refractivity contribution in [1.29, 1.82) is 0 Å². The van der Waals surface area contributed by atoms with Gasteiger partial charge in [0.25, 0.3) is 0 Å². The molecular weight excluding hydrogens is 264 g/mol. The molecule has 1 atom stereocenters. The van der Waals surface area contributed by atoms with E-state index >= 15 is 0 Å². The lowest BCUT2D eigenvalue weighted by Gasteiger charge is -2.27. The molecule has 1 aromatic rings. The topological polar surface area (TPSA) is 101 Å². The van der Waals surface area contributed by atoms with Crippen molar-refractivity contribution in [3.63, 3.8) is 0 Å². The van der Waals surface area contributed by atoms with E-state index in [2.05, 4.69) is 15.5 Å². The monoisotopic (exact) mass is 282 g/mol. The van der Waals surface area contributed by atoms with Crippen LogP contribution in [0.1, 0.15) is 43.7 Å². The Morgan fingerprint density at radius 1 is 1.63 bits per heavy atom. The highest BCUT2D eigenvalue weighted by Gasteiger charge is 2.45. The Morgan fingerprint density at radius 3 is 2.84 bits per heavy atom. The van der Waals surface area contributed by atoms with Crippen molar-refractivity contribution in [2.75, 3.05) is 0 Å². The van der Waals surface area contributed by atoms with E-state index in [9.17, 15) is 4.79 Å². The average Bonchev–Trinajstić information content (AvgIpc) is 3.09. The van der Waals surface area contributed by atoms with Crippen molar-refractivity contribution in [3.8, 4) is 0 Å². The summed E-state index contributed by atoms with van der Waals surface area (Å²) in [5.41, 5.74) is 4.87. The smallest absolute Gasteiger partial charge is 0.234 e. The highest BCUT2D eigenvalue weighted by Crippen LogP contribution is 2.39. The quantitative estimate of drug-likeness (QED) is 0.338. The number of amidine groups is 1. The van der Waals surface area contributed by atoms with Gasteiger partial charge in [0.15, 0.2) is 5.84 Å². The van der Waals surface area contributed by atoms with E-state index in [4.69, 9.17) is 10.9 Å². The third-order valence-corrected chi connectivity index (χ3v) is 4.62. The number of oxime groups is 1. The standard InChI is InChI=1S/C12H18N4O2S/c1-8(9-14-6-7-19-9)15-11(17)12(10(13)16-18)4-2-3-5-12/h6-8,18H,2-5H2,1H3,(H2,13,16)(H,15,17). The lowest BCUT2D eigenvalue weighted by atomic mass is 9.83. The predicted molar refractivity (Wildman–Crippen MR) is 73.0 cm³/mol. The van der Waals surface area contributed by atoms with Gasteiger partial charge in [-0.05, 0) is 19.8 Å². The van der Waals surface area contributed by atoms with Gasteiger partial charge >= 0.3 is 0 Å². The molecule has 0 saturated heterocycles. The van der Waals surface area contributed by atoms with E-state index in [1.54, 1.807) is 6.20 Å². The molecule has 0 bridgehead atoms. The van der Waals surface area contributed by atoms with E-state index in [1.165, 1.54) is 11.3 Å². The van der Waals surface area contributed by atoms with Crippen LogP contribution in [0.4, 0.5) is 0 Å². The Bertz CT molecular complexity index is 466. The number of carbonyl (C=O) groups is 1. The lowest BCUT2D eigenvalue weighted by molar-refractivity contribution is -0.128. The maximum absolute atomic E-state index is 12.5. The van der Waals surface area contributed by atoms with Crippen molar-refractivity contribution < 1.29 is 10.0 Å². The van der Waals surface area contributed by atoms with E-state index in [0.29, 0.717) is 12.8 Å².